The summed E-state index contributed by atoms with van der Waals surface area (Å²) in [5.74, 6) is -0.157. The second-order valence-corrected chi connectivity index (χ2v) is 18.0. The molecular formula is C36H58O9. The van der Waals surface area contributed by atoms with Crippen LogP contribution in [-0.4, -0.2) is 86.1 Å². The van der Waals surface area contributed by atoms with Crippen molar-refractivity contribution in [3.8, 4) is 0 Å². The van der Waals surface area contributed by atoms with Crippen molar-refractivity contribution >= 4 is 5.97 Å². The van der Waals surface area contributed by atoms with Crippen LogP contribution in [0.4, 0.5) is 0 Å². The fourth-order valence-corrected chi connectivity index (χ4v) is 12.1. The molecule has 0 amide bonds. The Morgan fingerprint density at radius 3 is 2.20 bits per heavy atom. The molecule has 1 heterocycles. The Bertz CT molecular complexity index is 1210. The number of aliphatic hydroxyl groups is 6. The van der Waals surface area contributed by atoms with Crippen LogP contribution in [0.25, 0.3) is 0 Å². The van der Waals surface area contributed by atoms with E-state index in [0.29, 0.717) is 37.5 Å². The third-order valence-corrected chi connectivity index (χ3v) is 15.1. The molecule has 4 saturated carbocycles. The van der Waals surface area contributed by atoms with Gasteiger partial charge in [-0.25, -0.2) is 0 Å². The monoisotopic (exact) mass is 634 g/mol. The van der Waals surface area contributed by atoms with Gasteiger partial charge in [0.15, 0.2) is 0 Å². The van der Waals surface area contributed by atoms with E-state index < -0.39 is 54.8 Å². The van der Waals surface area contributed by atoms with Gasteiger partial charge in [0.2, 0.25) is 6.29 Å². The number of fused-ring (bicyclic) bond motifs is 7. The third kappa shape index (κ3) is 4.54. The number of carbonyl (C=O) groups excluding carboxylic acids is 1. The summed E-state index contributed by atoms with van der Waals surface area (Å²) in [4.78, 5) is 14.4. The average molecular weight is 635 g/mol. The van der Waals surface area contributed by atoms with Crippen LogP contribution >= 0.6 is 0 Å². The maximum absolute atomic E-state index is 14.4. The highest BCUT2D eigenvalue weighted by molar-refractivity contribution is 5.80. The van der Waals surface area contributed by atoms with Crippen LogP contribution in [0.15, 0.2) is 11.6 Å². The van der Waals surface area contributed by atoms with Crippen LogP contribution in [0.3, 0.4) is 0 Å². The number of carbonyl (C=O) groups is 1. The molecule has 6 aliphatic rings. The molecule has 0 radical (unpaired) electrons. The first-order valence-corrected chi connectivity index (χ1v) is 17.4. The molecule has 5 fully saturated rings. The van der Waals surface area contributed by atoms with E-state index in [-0.39, 0.29) is 39.1 Å². The predicted octanol–water partition coefficient (Wildman–Crippen LogP) is 3.46. The first-order valence-electron chi connectivity index (χ1n) is 17.4. The Morgan fingerprint density at radius 1 is 0.844 bits per heavy atom. The Labute approximate surface area is 268 Å². The zero-order valence-corrected chi connectivity index (χ0v) is 28.3. The van der Waals surface area contributed by atoms with Crippen molar-refractivity contribution in [3.63, 3.8) is 0 Å². The molecular weight excluding hydrogens is 576 g/mol. The maximum Gasteiger partial charge on any atom is 0.317 e. The standard InChI is InChI=1S/C36H58O9/c1-31(2)14-15-36(30(43)45-29-28(42)27(41)26(40)21(18-37)44-29)20(16-31)19-8-9-23-33(5)12-11-24(38)32(3,4)22(33)10-13-34(23,6)35(19,7)17-25(36)39/h8,20-29,37-42H,9-18H2,1-7H3/t20-,21?,22?,23?,24-,25+,26+,27?,28?,29+,33-,34+,35+,36+/m0/s1. The highest BCUT2D eigenvalue weighted by Crippen LogP contribution is 2.75. The van der Waals surface area contributed by atoms with E-state index in [0.717, 1.165) is 32.1 Å². The molecule has 256 valence electrons. The minimum Gasteiger partial charge on any atom is -0.432 e. The van der Waals surface area contributed by atoms with E-state index in [1.54, 1.807) is 0 Å². The van der Waals surface area contributed by atoms with E-state index in [9.17, 15) is 35.4 Å². The van der Waals surface area contributed by atoms with Gasteiger partial charge in [0.25, 0.3) is 0 Å². The van der Waals surface area contributed by atoms with Crippen LogP contribution in [0.2, 0.25) is 0 Å². The number of ether oxygens (including phenoxy) is 2. The van der Waals surface area contributed by atoms with Gasteiger partial charge in [-0.3, -0.25) is 4.79 Å². The summed E-state index contributed by atoms with van der Waals surface area (Å²) in [7, 11) is 0. The zero-order valence-electron chi connectivity index (χ0n) is 28.3. The summed E-state index contributed by atoms with van der Waals surface area (Å²) >= 11 is 0. The number of hydrogen-bond acceptors (Lipinski definition) is 9. The van der Waals surface area contributed by atoms with Crippen LogP contribution in [0, 0.1) is 50.2 Å². The second-order valence-electron chi connectivity index (χ2n) is 18.0. The predicted molar refractivity (Wildman–Crippen MR) is 166 cm³/mol. The number of rotatable bonds is 3. The van der Waals surface area contributed by atoms with Crippen molar-refractivity contribution in [1.82, 2.24) is 0 Å². The van der Waals surface area contributed by atoms with Gasteiger partial charge < -0.3 is 40.1 Å². The molecule has 0 bridgehead atoms. The summed E-state index contributed by atoms with van der Waals surface area (Å²) in [5, 5.41) is 64.3. The lowest BCUT2D eigenvalue weighted by Crippen LogP contribution is -2.68. The van der Waals surface area contributed by atoms with E-state index in [1.807, 2.05) is 0 Å². The lowest BCUT2D eigenvalue weighted by atomic mass is 9.33. The molecule has 9 nitrogen and oxygen atoms in total. The van der Waals surface area contributed by atoms with Crippen molar-refractivity contribution < 1.29 is 44.9 Å². The quantitative estimate of drug-likeness (QED) is 0.202. The van der Waals surface area contributed by atoms with Gasteiger partial charge in [0.1, 0.15) is 29.8 Å². The highest BCUT2D eigenvalue weighted by Gasteiger charge is 2.71. The van der Waals surface area contributed by atoms with Crippen molar-refractivity contribution in [2.45, 2.75) is 149 Å². The molecule has 1 aliphatic heterocycles. The molecule has 1 saturated heterocycles. The lowest BCUT2D eigenvalue weighted by molar-refractivity contribution is -0.299. The zero-order chi connectivity index (χ0) is 33.1. The van der Waals surface area contributed by atoms with Crippen LogP contribution in [0.5, 0.6) is 0 Å². The number of aliphatic hydroxyl groups excluding tert-OH is 6. The summed E-state index contributed by atoms with van der Waals surface area (Å²) in [6.45, 7) is 15.5. The molecule has 0 aromatic carbocycles. The number of allylic oxidation sites excluding steroid dienone is 2. The fourth-order valence-electron chi connectivity index (χ4n) is 12.1. The summed E-state index contributed by atoms with van der Waals surface area (Å²) in [5.41, 5.74) is -0.661. The molecule has 5 unspecified atom stereocenters. The summed E-state index contributed by atoms with van der Waals surface area (Å²) in [6.07, 6.45) is 0.341. The van der Waals surface area contributed by atoms with E-state index in [2.05, 4.69) is 54.5 Å². The molecule has 5 aliphatic carbocycles. The molecule has 0 aromatic heterocycles. The van der Waals surface area contributed by atoms with Gasteiger partial charge in [0.05, 0.1) is 18.8 Å². The van der Waals surface area contributed by atoms with Gasteiger partial charge in [-0.2, -0.15) is 0 Å². The van der Waals surface area contributed by atoms with Crippen molar-refractivity contribution in [3.05, 3.63) is 11.6 Å². The minimum absolute atomic E-state index is 0.0497. The van der Waals surface area contributed by atoms with E-state index >= 15 is 0 Å². The van der Waals surface area contributed by atoms with Crippen LogP contribution in [-0.2, 0) is 14.3 Å². The molecule has 6 N–H and O–H groups in total. The fraction of sp³-hybridized carbons (Fsp3) is 0.917. The van der Waals surface area contributed by atoms with Crippen LogP contribution in [0.1, 0.15) is 106 Å². The topological polar surface area (TPSA) is 157 Å². The summed E-state index contributed by atoms with van der Waals surface area (Å²) < 4.78 is 11.4. The Kier molecular flexibility index (Phi) is 8.05. The van der Waals surface area contributed by atoms with Crippen LogP contribution < -0.4 is 0 Å². The van der Waals surface area contributed by atoms with Crippen molar-refractivity contribution in [2.75, 3.05) is 6.61 Å². The summed E-state index contributed by atoms with van der Waals surface area (Å²) in [6, 6.07) is 0. The largest absolute Gasteiger partial charge is 0.432 e. The average Bonchev–Trinajstić information content (AvgIpc) is 2.95. The number of hydrogen-bond donors (Lipinski definition) is 6. The molecule has 9 heteroatoms. The highest BCUT2D eigenvalue weighted by atomic mass is 16.7. The maximum atomic E-state index is 14.4. The normalized spacial score (nSPS) is 53.6. The molecule has 45 heavy (non-hydrogen) atoms. The van der Waals surface area contributed by atoms with E-state index in [4.69, 9.17) is 9.47 Å². The van der Waals surface area contributed by atoms with Gasteiger partial charge in [-0.05, 0) is 103 Å². The Balaban J connectivity index is 1.38. The Morgan fingerprint density at radius 2 is 1.53 bits per heavy atom. The van der Waals surface area contributed by atoms with Gasteiger partial charge in [-0.1, -0.05) is 60.1 Å². The van der Waals surface area contributed by atoms with E-state index in [1.165, 1.54) is 5.57 Å². The molecule has 0 spiro atoms. The Hall–Kier alpha value is -1.07. The first-order chi connectivity index (χ1) is 20.8. The molecule has 14 atom stereocenters. The number of esters is 1. The smallest absolute Gasteiger partial charge is 0.317 e. The third-order valence-electron chi connectivity index (χ3n) is 15.1. The van der Waals surface area contributed by atoms with Crippen molar-refractivity contribution in [1.29, 1.82) is 0 Å². The molecule has 0 aromatic rings. The first kappa shape index (κ1) is 33.8. The van der Waals surface area contributed by atoms with Crippen molar-refractivity contribution in [2.24, 2.45) is 50.2 Å². The molecule has 6 rings (SSSR count). The lowest BCUT2D eigenvalue weighted by Gasteiger charge is -2.71. The second kappa shape index (κ2) is 10.7. The SMILES string of the molecule is CC1(C)CC[C@]2(C(=O)O[C@H]3OC(CO)[C@@H](O)C(O)C3O)[C@H](O)C[C@]3(C)C(=CCC4[C@@]5(C)CC[C@H](O)C(C)(C)C5CC[C@]43C)[C@@H]2C1. The van der Waals surface area contributed by atoms with Gasteiger partial charge in [0, 0.05) is 0 Å². The van der Waals surface area contributed by atoms with Gasteiger partial charge in [-0.15, -0.1) is 0 Å². The minimum atomic E-state index is -1.70. The van der Waals surface area contributed by atoms with Gasteiger partial charge >= 0.3 is 5.97 Å².